The zero-order chi connectivity index (χ0) is 14.1. The first kappa shape index (κ1) is 17.2. The molecule has 1 heteroatoms. The third-order valence-electron chi connectivity index (χ3n) is 3.80. The van der Waals surface area contributed by atoms with E-state index >= 15 is 0 Å². The summed E-state index contributed by atoms with van der Waals surface area (Å²) in [5, 5.41) is 0. The van der Waals surface area contributed by atoms with Gasteiger partial charge in [-0.1, -0.05) is 43.2 Å². The monoisotopic (exact) mass is 249 g/mol. The van der Waals surface area contributed by atoms with Crippen molar-refractivity contribution < 1.29 is 0 Å². The van der Waals surface area contributed by atoms with E-state index in [-0.39, 0.29) is 0 Å². The van der Waals surface area contributed by atoms with E-state index < -0.39 is 0 Å². The number of hydrogen-bond donors (Lipinski definition) is 0. The Kier molecular flexibility index (Phi) is 8.74. The lowest BCUT2D eigenvalue weighted by Gasteiger charge is -2.23. The zero-order valence-electron chi connectivity index (χ0n) is 13.4. The summed E-state index contributed by atoms with van der Waals surface area (Å²) in [4.78, 5) is 2.41. The van der Waals surface area contributed by atoms with E-state index in [0.29, 0.717) is 5.92 Å². The molecule has 18 heavy (non-hydrogen) atoms. The van der Waals surface area contributed by atoms with E-state index in [0.717, 1.165) is 13.1 Å². The lowest BCUT2D eigenvalue weighted by atomic mass is 9.97. The van der Waals surface area contributed by atoms with Crippen LogP contribution in [0.5, 0.6) is 0 Å². The highest BCUT2D eigenvalue weighted by atomic mass is 15.1. The predicted octanol–water partition coefficient (Wildman–Crippen LogP) is 4.82. The van der Waals surface area contributed by atoms with Gasteiger partial charge in [-0.05, 0) is 52.7 Å². The second-order valence-corrected chi connectivity index (χ2v) is 5.13. The molecule has 0 aliphatic rings. The van der Waals surface area contributed by atoms with E-state index in [1.807, 2.05) is 0 Å². The summed E-state index contributed by atoms with van der Waals surface area (Å²) in [6.45, 7) is 15.3. The topological polar surface area (TPSA) is 3.24 Å². The van der Waals surface area contributed by atoms with Gasteiger partial charge in [-0.3, -0.25) is 4.90 Å². The van der Waals surface area contributed by atoms with Crippen LogP contribution in [0.25, 0.3) is 0 Å². The lowest BCUT2D eigenvalue weighted by molar-refractivity contribution is 0.377. The molecule has 0 aromatic rings. The quantitative estimate of drug-likeness (QED) is 0.462. The smallest absolute Gasteiger partial charge is 0.0233 e. The van der Waals surface area contributed by atoms with Crippen LogP contribution in [-0.2, 0) is 0 Å². The van der Waals surface area contributed by atoms with Crippen LogP contribution in [0.4, 0.5) is 0 Å². The third-order valence-corrected chi connectivity index (χ3v) is 3.80. The number of likely N-dealkylation sites (N-methyl/N-ethyl adjacent to an activating group) is 1. The van der Waals surface area contributed by atoms with Gasteiger partial charge < -0.3 is 0 Å². The van der Waals surface area contributed by atoms with Crippen molar-refractivity contribution in [1.29, 1.82) is 0 Å². The summed E-state index contributed by atoms with van der Waals surface area (Å²) in [6, 6.07) is 0. The van der Waals surface area contributed by atoms with Gasteiger partial charge in [0.1, 0.15) is 0 Å². The van der Waals surface area contributed by atoms with Gasteiger partial charge in [0.25, 0.3) is 0 Å². The Bertz CT molecular complexity index is 321. The van der Waals surface area contributed by atoms with Crippen molar-refractivity contribution in [2.45, 2.75) is 48.0 Å². The molecule has 0 saturated heterocycles. The molecule has 1 nitrogen and oxygen atoms in total. The Balaban J connectivity index is 4.55. The molecule has 1 atom stereocenters. The lowest BCUT2D eigenvalue weighted by Crippen LogP contribution is -2.25. The van der Waals surface area contributed by atoms with Crippen LogP contribution < -0.4 is 0 Å². The second kappa shape index (κ2) is 9.16. The molecule has 0 amide bonds. The number of nitrogens with zero attached hydrogens (tertiary/aromatic N) is 1. The maximum Gasteiger partial charge on any atom is 0.0233 e. The summed E-state index contributed by atoms with van der Waals surface area (Å²) >= 11 is 0. The predicted molar refractivity (Wildman–Crippen MR) is 83.9 cm³/mol. The van der Waals surface area contributed by atoms with Crippen molar-refractivity contribution in [3.8, 4) is 0 Å². The Morgan fingerprint density at radius 3 is 2.06 bits per heavy atom. The van der Waals surface area contributed by atoms with E-state index in [9.17, 15) is 0 Å². The molecule has 0 saturated carbocycles. The molecule has 0 radical (unpaired) electrons. The van der Waals surface area contributed by atoms with Crippen LogP contribution in [0.2, 0.25) is 0 Å². The van der Waals surface area contributed by atoms with Gasteiger partial charge in [0.05, 0.1) is 0 Å². The normalized spacial score (nSPS) is 16.3. The highest BCUT2D eigenvalue weighted by Gasteiger charge is 2.10. The average Bonchev–Trinajstić information content (AvgIpc) is 2.40. The van der Waals surface area contributed by atoms with Crippen molar-refractivity contribution in [3.05, 3.63) is 34.9 Å². The van der Waals surface area contributed by atoms with Crippen molar-refractivity contribution in [2.75, 3.05) is 20.1 Å². The largest absolute Gasteiger partial charge is 0.298 e. The minimum Gasteiger partial charge on any atom is -0.298 e. The molecule has 0 spiro atoms. The van der Waals surface area contributed by atoms with Crippen LogP contribution in [0, 0.1) is 5.92 Å². The van der Waals surface area contributed by atoms with E-state index in [1.165, 1.54) is 17.6 Å². The molecule has 104 valence electrons. The number of rotatable bonds is 7. The maximum atomic E-state index is 2.41. The van der Waals surface area contributed by atoms with Gasteiger partial charge in [-0.15, -0.1) is 0 Å². The Morgan fingerprint density at radius 2 is 1.67 bits per heavy atom. The van der Waals surface area contributed by atoms with Crippen molar-refractivity contribution in [3.63, 3.8) is 0 Å². The van der Waals surface area contributed by atoms with Gasteiger partial charge in [0.2, 0.25) is 0 Å². The molecule has 0 N–H and O–H groups in total. The molecule has 0 heterocycles. The first-order valence-corrected chi connectivity index (χ1v) is 7.12. The van der Waals surface area contributed by atoms with Crippen LogP contribution in [0.1, 0.15) is 48.0 Å². The number of allylic oxidation sites excluding steroid dienone is 3. The van der Waals surface area contributed by atoms with Crippen LogP contribution in [-0.4, -0.2) is 25.0 Å². The molecular formula is C17H31N. The van der Waals surface area contributed by atoms with Gasteiger partial charge in [0, 0.05) is 13.1 Å². The summed E-state index contributed by atoms with van der Waals surface area (Å²) in [5.41, 5.74) is 4.36. The van der Waals surface area contributed by atoms with Gasteiger partial charge in [-0.25, -0.2) is 0 Å². The molecule has 0 aromatic carbocycles. The fourth-order valence-corrected chi connectivity index (χ4v) is 2.08. The van der Waals surface area contributed by atoms with Gasteiger partial charge in [-0.2, -0.15) is 0 Å². The highest BCUT2D eigenvalue weighted by Crippen LogP contribution is 2.17. The molecular weight excluding hydrogens is 218 g/mol. The third kappa shape index (κ3) is 5.68. The fraction of sp³-hybridized carbons (Fsp3) is 0.647. The second-order valence-electron chi connectivity index (χ2n) is 5.13. The van der Waals surface area contributed by atoms with E-state index in [2.05, 4.69) is 71.7 Å². The molecule has 0 bridgehead atoms. The van der Waals surface area contributed by atoms with Gasteiger partial charge >= 0.3 is 0 Å². The minimum atomic E-state index is 0.689. The summed E-state index contributed by atoms with van der Waals surface area (Å²) in [5.74, 6) is 0.689. The summed E-state index contributed by atoms with van der Waals surface area (Å²) < 4.78 is 0. The van der Waals surface area contributed by atoms with Crippen LogP contribution in [0.15, 0.2) is 34.9 Å². The highest BCUT2D eigenvalue weighted by molar-refractivity contribution is 5.29. The average molecular weight is 249 g/mol. The van der Waals surface area contributed by atoms with Crippen molar-refractivity contribution >= 4 is 0 Å². The standard InChI is InChI=1S/C17H31N/c1-8-14(5)16(10-3)12-18(7)13-17(11-4)15(6)9-2/h8,10-11,15H,9,12-13H2,1-7H3/b14-8-,16-10-,17-11-. The van der Waals surface area contributed by atoms with Crippen molar-refractivity contribution in [2.24, 2.45) is 5.92 Å². The Morgan fingerprint density at radius 1 is 1.06 bits per heavy atom. The van der Waals surface area contributed by atoms with E-state index in [4.69, 9.17) is 0 Å². The van der Waals surface area contributed by atoms with Gasteiger partial charge in [0.15, 0.2) is 0 Å². The molecule has 1 unspecified atom stereocenters. The van der Waals surface area contributed by atoms with Crippen LogP contribution >= 0.6 is 0 Å². The first-order valence-electron chi connectivity index (χ1n) is 7.12. The summed E-state index contributed by atoms with van der Waals surface area (Å²) in [6.07, 6.45) is 7.92. The van der Waals surface area contributed by atoms with Crippen LogP contribution in [0.3, 0.4) is 0 Å². The summed E-state index contributed by atoms with van der Waals surface area (Å²) in [7, 11) is 2.21. The Labute approximate surface area is 114 Å². The SMILES string of the molecule is C/C=C(C)\C(=C/C)CN(C)C/C(=C/C)C(C)CC. The first-order chi connectivity index (χ1) is 8.49. The Hall–Kier alpha value is -0.820. The molecule has 0 rings (SSSR count). The molecule has 0 fully saturated rings. The fourth-order valence-electron chi connectivity index (χ4n) is 2.08. The maximum absolute atomic E-state index is 2.41. The van der Waals surface area contributed by atoms with E-state index in [1.54, 1.807) is 5.57 Å². The minimum absolute atomic E-state index is 0.689. The zero-order valence-corrected chi connectivity index (χ0v) is 13.4. The molecule has 0 aliphatic heterocycles. The molecule has 0 aliphatic carbocycles. The van der Waals surface area contributed by atoms with Crippen molar-refractivity contribution in [1.82, 2.24) is 4.90 Å². The molecule has 0 aromatic heterocycles. The number of hydrogen-bond acceptors (Lipinski definition) is 1.